The number of piperazine rings is 1. The fourth-order valence-electron chi connectivity index (χ4n) is 7.09. The third kappa shape index (κ3) is 4.62. The Morgan fingerprint density at radius 2 is 1.73 bits per heavy atom. The minimum absolute atomic E-state index is 0.0388. The van der Waals surface area contributed by atoms with E-state index in [4.69, 9.17) is 0 Å². The molecule has 7 rings (SSSR count). The van der Waals surface area contributed by atoms with Gasteiger partial charge in [-0.2, -0.15) is 0 Å². The molecule has 4 aliphatic rings. The van der Waals surface area contributed by atoms with Gasteiger partial charge >= 0.3 is 0 Å². The van der Waals surface area contributed by atoms with Crippen LogP contribution in [0.5, 0.6) is 0 Å². The number of carbonyl (C=O) groups is 1. The molecule has 40 heavy (non-hydrogen) atoms. The van der Waals surface area contributed by atoms with Crippen LogP contribution >= 0.6 is 0 Å². The van der Waals surface area contributed by atoms with Gasteiger partial charge in [-0.15, -0.1) is 10.2 Å². The van der Waals surface area contributed by atoms with Gasteiger partial charge in [-0.05, 0) is 37.0 Å². The van der Waals surface area contributed by atoms with Gasteiger partial charge in [0, 0.05) is 51.0 Å². The summed E-state index contributed by atoms with van der Waals surface area (Å²) >= 11 is 0. The Hall–Kier alpha value is -3.50. The van der Waals surface area contributed by atoms with E-state index in [1.54, 1.807) is 12.1 Å². The van der Waals surface area contributed by atoms with Crippen molar-refractivity contribution in [2.45, 2.75) is 63.3 Å². The number of hydrogen-bond donors (Lipinski definition) is 2. The van der Waals surface area contributed by atoms with Crippen LogP contribution in [0.2, 0.25) is 0 Å². The highest BCUT2D eigenvalue weighted by Crippen LogP contribution is 2.45. The highest BCUT2D eigenvalue weighted by molar-refractivity contribution is 5.76. The smallest absolute Gasteiger partial charge is 0.243 e. The first-order valence-electron chi connectivity index (χ1n) is 14.7. The third-order valence-corrected chi connectivity index (χ3v) is 9.12. The van der Waals surface area contributed by atoms with E-state index in [0.717, 1.165) is 31.0 Å². The molecule has 4 unspecified atom stereocenters. The van der Waals surface area contributed by atoms with Crippen LogP contribution in [0.4, 0.5) is 16.0 Å². The summed E-state index contributed by atoms with van der Waals surface area (Å²) in [6.45, 7) is 2.54. The van der Waals surface area contributed by atoms with Crippen LogP contribution in [0, 0.1) is 11.7 Å². The number of benzene rings is 2. The molecule has 3 aromatic rings. The van der Waals surface area contributed by atoms with E-state index in [1.807, 2.05) is 21.9 Å². The van der Waals surface area contributed by atoms with E-state index in [9.17, 15) is 9.18 Å². The lowest BCUT2D eigenvalue weighted by atomic mass is 9.81. The van der Waals surface area contributed by atoms with Crippen LogP contribution in [-0.4, -0.2) is 57.9 Å². The average Bonchev–Trinajstić information content (AvgIpc) is 3.64. The Bertz CT molecular complexity index is 1340. The van der Waals surface area contributed by atoms with Crippen molar-refractivity contribution in [1.29, 1.82) is 0 Å². The van der Waals surface area contributed by atoms with Crippen molar-refractivity contribution in [3.8, 4) is 0 Å². The number of amides is 1. The van der Waals surface area contributed by atoms with Crippen molar-refractivity contribution < 1.29 is 9.18 Å². The van der Waals surface area contributed by atoms with Crippen LogP contribution in [0.3, 0.4) is 0 Å². The van der Waals surface area contributed by atoms with Gasteiger partial charge in [0.2, 0.25) is 11.9 Å². The second kappa shape index (κ2) is 10.8. The van der Waals surface area contributed by atoms with Gasteiger partial charge in [-0.25, -0.2) is 9.82 Å². The SMILES string of the molecule is O=C(CCCc1nnc2n1C1CCCCC1C1NC(c3ccccc3)NN21)N1CCN(c2ccccc2F)CC1. The Kier molecular flexibility index (Phi) is 6.89. The van der Waals surface area contributed by atoms with Gasteiger partial charge in [0.05, 0.1) is 5.69 Å². The number of para-hydroxylation sites is 1. The number of nitrogens with zero attached hydrogens (tertiary/aromatic N) is 6. The monoisotopic (exact) mass is 544 g/mol. The molecule has 1 aliphatic carbocycles. The largest absolute Gasteiger partial charge is 0.366 e. The van der Waals surface area contributed by atoms with Crippen molar-refractivity contribution in [2.24, 2.45) is 5.92 Å². The lowest BCUT2D eigenvalue weighted by Crippen LogP contribution is -2.53. The van der Waals surface area contributed by atoms with E-state index in [1.165, 1.54) is 30.9 Å². The average molecular weight is 545 g/mol. The molecule has 2 N–H and O–H groups in total. The molecule has 10 heteroatoms. The minimum Gasteiger partial charge on any atom is -0.366 e. The molecule has 4 atom stereocenters. The number of hydrogen-bond acceptors (Lipinski definition) is 7. The normalized spacial score (nSPS) is 25.9. The fraction of sp³-hybridized carbons (Fsp3) is 0.500. The van der Waals surface area contributed by atoms with Crippen LogP contribution < -0.4 is 20.7 Å². The molecule has 0 spiro atoms. The van der Waals surface area contributed by atoms with Crippen LogP contribution in [-0.2, 0) is 11.2 Å². The number of fused-ring (bicyclic) bond motifs is 6. The quantitative estimate of drug-likeness (QED) is 0.489. The van der Waals surface area contributed by atoms with Crippen molar-refractivity contribution >= 4 is 17.5 Å². The zero-order chi connectivity index (χ0) is 27.1. The summed E-state index contributed by atoms with van der Waals surface area (Å²) in [6.07, 6.45) is 6.95. The molecular formula is C30H37FN8O. The van der Waals surface area contributed by atoms with Gasteiger partial charge < -0.3 is 9.80 Å². The molecule has 9 nitrogen and oxygen atoms in total. The molecule has 3 fully saturated rings. The maximum atomic E-state index is 14.2. The molecule has 1 amide bonds. The Morgan fingerprint density at radius 3 is 2.55 bits per heavy atom. The summed E-state index contributed by atoms with van der Waals surface area (Å²) in [5.41, 5.74) is 5.49. The van der Waals surface area contributed by atoms with E-state index >= 15 is 0 Å². The fourth-order valence-corrected chi connectivity index (χ4v) is 7.09. The maximum Gasteiger partial charge on any atom is 0.243 e. The summed E-state index contributed by atoms with van der Waals surface area (Å²) in [7, 11) is 0. The van der Waals surface area contributed by atoms with E-state index in [-0.39, 0.29) is 24.1 Å². The van der Waals surface area contributed by atoms with E-state index in [0.29, 0.717) is 50.2 Å². The Morgan fingerprint density at radius 1 is 0.950 bits per heavy atom. The van der Waals surface area contributed by atoms with Crippen LogP contribution in [0.15, 0.2) is 54.6 Å². The zero-order valence-electron chi connectivity index (χ0n) is 22.8. The first-order valence-corrected chi connectivity index (χ1v) is 14.7. The van der Waals surface area contributed by atoms with Gasteiger partial charge in [-0.1, -0.05) is 55.3 Å². The third-order valence-electron chi connectivity index (χ3n) is 9.12. The first-order chi connectivity index (χ1) is 19.7. The predicted molar refractivity (Wildman–Crippen MR) is 151 cm³/mol. The van der Waals surface area contributed by atoms with Crippen molar-refractivity contribution in [2.75, 3.05) is 36.1 Å². The number of anilines is 2. The van der Waals surface area contributed by atoms with Crippen molar-refractivity contribution in [3.63, 3.8) is 0 Å². The predicted octanol–water partition coefficient (Wildman–Crippen LogP) is 3.77. The molecule has 210 valence electrons. The van der Waals surface area contributed by atoms with Gasteiger partial charge in [0.15, 0.2) is 0 Å². The van der Waals surface area contributed by atoms with E-state index in [2.05, 4.69) is 54.8 Å². The number of rotatable bonds is 6. The lowest BCUT2D eigenvalue weighted by molar-refractivity contribution is -0.131. The topological polar surface area (TPSA) is 81.6 Å². The number of hydrazine groups is 1. The molecule has 3 aliphatic heterocycles. The number of nitrogens with one attached hydrogen (secondary N) is 2. The molecule has 1 aromatic heterocycles. The van der Waals surface area contributed by atoms with Crippen LogP contribution in [0.25, 0.3) is 0 Å². The summed E-state index contributed by atoms with van der Waals surface area (Å²) in [5, 5.41) is 15.3. The highest BCUT2D eigenvalue weighted by atomic mass is 19.1. The number of carbonyl (C=O) groups excluding carboxylic acids is 1. The Balaban J connectivity index is 0.997. The standard InChI is InChI=1S/C30H37FN8O/c31-23-12-5-7-14-25(23)36-17-19-37(20-18-36)27(40)16-8-15-26-33-34-30-38(26)24-13-6-4-11-22(24)29-32-28(35-39(29)30)21-9-2-1-3-10-21/h1-3,5,7,9-10,12,14,22,24,28-29,32,35H,4,6,8,11,13,15-20H2. The van der Waals surface area contributed by atoms with Crippen molar-refractivity contribution in [1.82, 2.24) is 30.4 Å². The zero-order valence-corrected chi connectivity index (χ0v) is 22.8. The number of aromatic nitrogens is 3. The molecule has 0 radical (unpaired) electrons. The number of aryl methyl sites for hydroxylation is 1. The van der Waals surface area contributed by atoms with Gasteiger partial charge in [0.1, 0.15) is 24.0 Å². The summed E-state index contributed by atoms with van der Waals surface area (Å²) in [4.78, 5) is 17.0. The molecule has 1 saturated carbocycles. The maximum absolute atomic E-state index is 14.2. The molecule has 2 saturated heterocycles. The van der Waals surface area contributed by atoms with E-state index < -0.39 is 0 Å². The lowest BCUT2D eigenvalue weighted by Gasteiger charge is -2.44. The first kappa shape index (κ1) is 25.5. The second-order valence-corrected chi connectivity index (χ2v) is 11.4. The summed E-state index contributed by atoms with van der Waals surface area (Å²) < 4.78 is 16.5. The summed E-state index contributed by atoms with van der Waals surface area (Å²) in [5.74, 6) is 2.29. The summed E-state index contributed by atoms with van der Waals surface area (Å²) in [6, 6.07) is 17.7. The van der Waals surface area contributed by atoms with Crippen LogP contribution in [0.1, 0.15) is 62.1 Å². The molecule has 2 aromatic carbocycles. The number of halogens is 1. The van der Waals surface area contributed by atoms with Crippen molar-refractivity contribution in [3.05, 3.63) is 71.8 Å². The second-order valence-electron chi connectivity index (χ2n) is 11.4. The Labute approximate surface area is 234 Å². The molecular weight excluding hydrogens is 507 g/mol. The minimum atomic E-state index is -0.207. The van der Waals surface area contributed by atoms with Gasteiger partial charge in [-0.3, -0.25) is 19.7 Å². The van der Waals surface area contributed by atoms with Gasteiger partial charge in [0.25, 0.3) is 0 Å². The molecule has 0 bridgehead atoms. The molecule has 4 heterocycles. The highest BCUT2D eigenvalue weighted by Gasteiger charge is 2.48.